The molecule has 0 bridgehead atoms. The van der Waals surface area contributed by atoms with Crippen LogP contribution in [0, 0.1) is 20.8 Å². The van der Waals surface area contributed by atoms with Crippen LogP contribution in [0.4, 0.5) is 0 Å². The second-order valence-corrected chi connectivity index (χ2v) is 4.97. The Morgan fingerprint density at radius 2 is 2.00 bits per heavy atom. The maximum absolute atomic E-state index is 4.58. The van der Waals surface area contributed by atoms with Crippen LogP contribution in [-0.2, 0) is 6.42 Å². The monoisotopic (exact) mass is 293 g/mol. The topological polar surface area (TPSA) is 30.7 Å². The van der Waals surface area contributed by atoms with E-state index in [2.05, 4.69) is 46.8 Å². The molecule has 2 aromatic rings. The first kappa shape index (κ1) is 12.3. The van der Waals surface area contributed by atoms with Gasteiger partial charge in [0.15, 0.2) is 5.82 Å². The molecule has 0 N–H and O–H groups in total. The van der Waals surface area contributed by atoms with E-state index in [0.717, 1.165) is 22.4 Å². The molecular weight excluding hydrogens is 278 g/mol. The van der Waals surface area contributed by atoms with Crippen molar-refractivity contribution in [1.82, 2.24) is 14.8 Å². The van der Waals surface area contributed by atoms with Gasteiger partial charge >= 0.3 is 0 Å². The molecule has 0 spiro atoms. The second kappa shape index (κ2) is 4.61. The maximum atomic E-state index is 4.58. The van der Waals surface area contributed by atoms with Gasteiger partial charge in [-0.25, -0.2) is 9.67 Å². The number of pyridine rings is 1. The zero-order valence-corrected chi connectivity index (χ0v) is 12.2. The molecule has 17 heavy (non-hydrogen) atoms. The minimum absolute atomic E-state index is 0.866. The summed E-state index contributed by atoms with van der Waals surface area (Å²) >= 11 is 3.58. The quantitative estimate of drug-likeness (QED) is 0.848. The first-order valence-electron chi connectivity index (χ1n) is 5.72. The van der Waals surface area contributed by atoms with Crippen LogP contribution in [0.1, 0.15) is 29.4 Å². The Hall–Kier alpha value is -1.16. The third kappa shape index (κ3) is 2.02. The van der Waals surface area contributed by atoms with E-state index in [4.69, 9.17) is 0 Å². The summed E-state index contributed by atoms with van der Waals surface area (Å²) in [6.07, 6.45) is 2.82. The average molecular weight is 294 g/mol. The highest BCUT2D eigenvalue weighted by Crippen LogP contribution is 2.25. The van der Waals surface area contributed by atoms with E-state index < -0.39 is 0 Å². The molecule has 2 aromatic heterocycles. The van der Waals surface area contributed by atoms with Crippen molar-refractivity contribution in [2.24, 2.45) is 0 Å². The molecule has 0 amide bonds. The van der Waals surface area contributed by atoms with Crippen molar-refractivity contribution in [2.75, 3.05) is 0 Å². The van der Waals surface area contributed by atoms with Crippen LogP contribution >= 0.6 is 15.9 Å². The predicted molar refractivity (Wildman–Crippen MR) is 72.6 cm³/mol. The lowest BCUT2D eigenvalue weighted by molar-refractivity contribution is 0.799. The van der Waals surface area contributed by atoms with Crippen molar-refractivity contribution in [3.8, 4) is 5.82 Å². The number of aromatic nitrogens is 3. The van der Waals surface area contributed by atoms with Gasteiger partial charge in [0.05, 0.1) is 10.2 Å². The molecule has 0 unspecified atom stereocenters. The van der Waals surface area contributed by atoms with Crippen LogP contribution in [0.25, 0.3) is 5.82 Å². The lowest BCUT2D eigenvalue weighted by atomic mass is 10.1. The zero-order chi connectivity index (χ0) is 12.6. The summed E-state index contributed by atoms with van der Waals surface area (Å²) in [5, 5.41) is 4.58. The SMILES string of the molecule is CCc1c(C)nn(-c2nccc(C)c2Br)c1C. The van der Waals surface area contributed by atoms with Crippen LogP contribution in [0.2, 0.25) is 0 Å². The molecule has 0 fully saturated rings. The summed E-state index contributed by atoms with van der Waals surface area (Å²) in [5.41, 5.74) is 4.73. The molecule has 0 aromatic carbocycles. The number of halogens is 1. The Morgan fingerprint density at radius 3 is 2.59 bits per heavy atom. The van der Waals surface area contributed by atoms with Crippen molar-refractivity contribution in [3.05, 3.63) is 39.3 Å². The molecule has 0 saturated carbocycles. The number of nitrogens with zero attached hydrogens (tertiary/aromatic N) is 3. The molecule has 0 aliphatic heterocycles. The fourth-order valence-corrected chi connectivity index (χ4v) is 2.47. The highest BCUT2D eigenvalue weighted by Gasteiger charge is 2.14. The third-order valence-electron chi connectivity index (χ3n) is 3.06. The van der Waals surface area contributed by atoms with Crippen LogP contribution in [0.3, 0.4) is 0 Å². The van der Waals surface area contributed by atoms with Gasteiger partial charge in [-0.3, -0.25) is 0 Å². The number of rotatable bonds is 2. The summed E-state index contributed by atoms with van der Waals surface area (Å²) < 4.78 is 2.93. The van der Waals surface area contributed by atoms with Gasteiger partial charge in [0, 0.05) is 11.9 Å². The summed E-state index contributed by atoms with van der Waals surface area (Å²) in [6.45, 7) is 8.35. The van der Waals surface area contributed by atoms with Crippen molar-refractivity contribution >= 4 is 15.9 Å². The molecule has 0 saturated heterocycles. The Morgan fingerprint density at radius 1 is 1.29 bits per heavy atom. The molecule has 0 atom stereocenters. The van der Waals surface area contributed by atoms with Crippen molar-refractivity contribution in [3.63, 3.8) is 0 Å². The van der Waals surface area contributed by atoms with Gasteiger partial charge in [0.25, 0.3) is 0 Å². The lowest BCUT2D eigenvalue weighted by Crippen LogP contribution is -2.04. The molecule has 4 heteroatoms. The zero-order valence-electron chi connectivity index (χ0n) is 10.6. The van der Waals surface area contributed by atoms with Gasteiger partial charge in [-0.15, -0.1) is 0 Å². The van der Waals surface area contributed by atoms with E-state index in [0.29, 0.717) is 0 Å². The largest absolute Gasteiger partial charge is 0.236 e. The molecule has 2 rings (SSSR count). The van der Waals surface area contributed by atoms with Crippen LogP contribution in [0.15, 0.2) is 16.7 Å². The fraction of sp³-hybridized carbons (Fsp3) is 0.385. The molecule has 3 nitrogen and oxygen atoms in total. The van der Waals surface area contributed by atoms with Gasteiger partial charge in [0.1, 0.15) is 0 Å². The summed E-state index contributed by atoms with van der Waals surface area (Å²) in [6, 6.07) is 1.99. The van der Waals surface area contributed by atoms with E-state index in [-0.39, 0.29) is 0 Å². The van der Waals surface area contributed by atoms with Gasteiger partial charge < -0.3 is 0 Å². The number of hydrogen-bond donors (Lipinski definition) is 0. The first-order chi connectivity index (χ1) is 8.06. The Kier molecular flexibility index (Phi) is 3.33. The van der Waals surface area contributed by atoms with Gasteiger partial charge in [0.2, 0.25) is 0 Å². The van der Waals surface area contributed by atoms with Crippen LogP contribution in [0.5, 0.6) is 0 Å². The normalized spacial score (nSPS) is 10.9. The minimum Gasteiger partial charge on any atom is -0.236 e. The van der Waals surface area contributed by atoms with Crippen molar-refractivity contribution < 1.29 is 0 Å². The molecule has 2 heterocycles. The second-order valence-electron chi connectivity index (χ2n) is 4.18. The number of aryl methyl sites for hydroxylation is 2. The molecule has 90 valence electrons. The van der Waals surface area contributed by atoms with Crippen LogP contribution in [-0.4, -0.2) is 14.8 Å². The van der Waals surface area contributed by atoms with Gasteiger partial charge in [-0.2, -0.15) is 5.10 Å². The summed E-state index contributed by atoms with van der Waals surface area (Å²) in [5.74, 6) is 0.866. The molecule has 0 radical (unpaired) electrons. The third-order valence-corrected chi connectivity index (χ3v) is 4.04. The first-order valence-corrected chi connectivity index (χ1v) is 6.52. The average Bonchev–Trinajstić information content (AvgIpc) is 2.58. The molecule has 0 aliphatic rings. The predicted octanol–water partition coefficient (Wildman–Crippen LogP) is 3.52. The van der Waals surface area contributed by atoms with Crippen molar-refractivity contribution in [2.45, 2.75) is 34.1 Å². The fourth-order valence-electron chi connectivity index (χ4n) is 2.07. The van der Waals surface area contributed by atoms with Crippen molar-refractivity contribution in [1.29, 1.82) is 0 Å². The highest BCUT2D eigenvalue weighted by atomic mass is 79.9. The summed E-state index contributed by atoms with van der Waals surface area (Å²) in [4.78, 5) is 4.41. The molecule has 0 aliphatic carbocycles. The van der Waals surface area contributed by atoms with Crippen LogP contribution < -0.4 is 0 Å². The Labute approximate surface area is 110 Å². The number of hydrogen-bond acceptors (Lipinski definition) is 2. The highest BCUT2D eigenvalue weighted by molar-refractivity contribution is 9.10. The smallest absolute Gasteiger partial charge is 0.168 e. The molecular formula is C13H16BrN3. The van der Waals surface area contributed by atoms with E-state index in [1.165, 1.54) is 16.8 Å². The van der Waals surface area contributed by atoms with E-state index in [1.54, 1.807) is 0 Å². The van der Waals surface area contributed by atoms with Gasteiger partial charge in [-0.05, 0) is 60.3 Å². The van der Waals surface area contributed by atoms with E-state index in [1.807, 2.05) is 23.9 Å². The Balaban J connectivity index is 2.65. The van der Waals surface area contributed by atoms with E-state index >= 15 is 0 Å². The Bertz CT molecular complexity index is 558. The standard InChI is InChI=1S/C13H16BrN3/c1-5-11-9(3)16-17(10(11)4)13-12(14)8(2)6-7-15-13/h6-7H,5H2,1-4H3. The summed E-state index contributed by atoms with van der Waals surface area (Å²) in [7, 11) is 0. The van der Waals surface area contributed by atoms with E-state index in [9.17, 15) is 0 Å². The maximum Gasteiger partial charge on any atom is 0.168 e. The van der Waals surface area contributed by atoms with Gasteiger partial charge in [-0.1, -0.05) is 6.92 Å². The lowest BCUT2D eigenvalue weighted by Gasteiger charge is -2.08. The minimum atomic E-state index is 0.866.